The molecule has 0 aliphatic rings. The van der Waals surface area contributed by atoms with Crippen LogP contribution in [0.15, 0.2) is 79.5 Å². The van der Waals surface area contributed by atoms with Crippen LogP contribution in [0.5, 0.6) is 11.5 Å². The summed E-state index contributed by atoms with van der Waals surface area (Å²) in [6.45, 7) is 12.3. The van der Waals surface area contributed by atoms with Crippen LogP contribution in [-0.2, 0) is 10.8 Å². The number of hydrogen-bond acceptors (Lipinski definition) is 10. The molecular weight excluding hydrogens is 548 g/mol. The van der Waals surface area contributed by atoms with Gasteiger partial charge in [-0.2, -0.15) is 0 Å². The van der Waals surface area contributed by atoms with Crippen LogP contribution >= 0.6 is 24.4 Å². The Balaban J connectivity index is 0.000000243. The summed E-state index contributed by atoms with van der Waals surface area (Å²) < 4.78 is 19.8. The van der Waals surface area contributed by atoms with E-state index in [2.05, 4.69) is 49.0 Å². The van der Waals surface area contributed by atoms with Crippen molar-refractivity contribution >= 4 is 41.4 Å². The molecular formula is C29H38N4O5S2. The number of rotatable bonds is 4. The van der Waals surface area contributed by atoms with Gasteiger partial charge in [0.1, 0.15) is 11.5 Å². The second-order valence-corrected chi connectivity index (χ2v) is 12.1. The molecule has 0 radical (unpaired) electrons. The summed E-state index contributed by atoms with van der Waals surface area (Å²) >= 11 is 5.20. The molecule has 3 N–H and O–H groups in total. The van der Waals surface area contributed by atoms with E-state index in [9.17, 15) is 4.79 Å². The minimum atomic E-state index is -0.225. The molecule has 4 aromatic rings. The number of carbonyl (C=O) groups excluding carboxylic acids is 1. The summed E-state index contributed by atoms with van der Waals surface area (Å²) in [4.78, 5) is 13.7. The maximum atomic E-state index is 11.9. The van der Waals surface area contributed by atoms with Gasteiger partial charge in [-0.25, -0.2) is 0 Å². The van der Waals surface area contributed by atoms with Gasteiger partial charge < -0.3 is 24.3 Å². The number of anilines is 2. The topological polar surface area (TPSA) is 126 Å². The predicted octanol–water partition coefficient (Wildman–Crippen LogP) is 7.84. The highest BCUT2D eigenvalue weighted by molar-refractivity contribution is 8.13. The van der Waals surface area contributed by atoms with Gasteiger partial charge in [0.15, 0.2) is 0 Å². The van der Waals surface area contributed by atoms with E-state index in [1.807, 2.05) is 69.3 Å². The van der Waals surface area contributed by atoms with Crippen molar-refractivity contribution in [2.24, 2.45) is 0 Å². The minimum Gasteiger partial charge on any atom is -0.497 e. The van der Waals surface area contributed by atoms with E-state index in [-0.39, 0.29) is 16.1 Å². The molecule has 2 aromatic heterocycles. The molecule has 40 heavy (non-hydrogen) atoms. The zero-order valence-corrected chi connectivity index (χ0v) is 25.9. The summed E-state index contributed by atoms with van der Waals surface area (Å²) in [6, 6.07) is 18.3. The fraction of sp³-hybridized carbons (Fsp3) is 0.345. The Morgan fingerprint density at radius 3 is 1.70 bits per heavy atom. The van der Waals surface area contributed by atoms with Crippen LogP contribution in [0, 0.1) is 0 Å². The number of nitrogens with one attached hydrogen (secondary N) is 1. The van der Waals surface area contributed by atoms with E-state index in [0.717, 1.165) is 44.4 Å². The molecule has 4 rings (SSSR count). The SMILES string of the molecule is CC(C)(C)c1cc(N)on1.COc1ccc(S)cc1.COc1ccc(SC(=O)Nc2cc(C(C)(C)C)no2)cc1. The standard InChI is InChI=1S/C15H18N2O3S.C7H12N2O.C7H8OS/c1-15(2,3)12-9-13(20-17-12)16-14(18)21-11-7-5-10(19-4)6-8-11;1-7(2,3)5-4-6(8)10-9-5;1-8-6-2-4-7(9)5-3-6/h5-9H,1-4H3,(H,16,18);4H,8H2,1-3H3;2-5,9H,1H3. The average molecular weight is 587 g/mol. The molecule has 0 fully saturated rings. The highest BCUT2D eigenvalue weighted by Crippen LogP contribution is 2.27. The van der Waals surface area contributed by atoms with Crippen molar-refractivity contribution in [1.29, 1.82) is 0 Å². The average Bonchev–Trinajstić information content (AvgIpc) is 3.55. The molecule has 11 heteroatoms. The molecule has 216 valence electrons. The Kier molecular flexibility index (Phi) is 12.0. The second kappa shape index (κ2) is 14.7. The van der Waals surface area contributed by atoms with Gasteiger partial charge in [-0.15, -0.1) is 12.6 Å². The van der Waals surface area contributed by atoms with Crippen molar-refractivity contribution < 1.29 is 23.3 Å². The number of nitrogens with two attached hydrogens (primary N) is 1. The van der Waals surface area contributed by atoms with Crippen molar-refractivity contribution in [3.8, 4) is 11.5 Å². The summed E-state index contributed by atoms with van der Waals surface area (Å²) in [5.74, 6) is 2.36. The fourth-order valence-corrected chi connectivity index (χ4v) is 3.58. The Labute approximate surface area is 245 Å². The number of ether oxygens (including phenoxy) is 2. The molecule has 1 amide bonds. The van der Waals surface area contributed by atoms with Crippen molar-refractivity contribution in [2.75, 3.05) is 25.3 Å². The van der Waals surface area contributed by atoms with Crippen molar-refractivity contribution in [3.63, 3.8) is 0 Å². The summed E-state index contributed by atoms with van der Waals surface area (Å²) in [5.41, 5.74) is 6.95. The van der Waals surface area contributed by atoms with Crippen molar-refractivity contribution in [3.05, 3.63) is 72.1 Å². The fourth-order valence-electron chi connectivity index (χ4n) is 2.79. The van der Waals surface area contributed by atoms with E-state index in [0.29, 0.717) is 11.8 Å². The Hall–Kier alpha value is -3.57. The molecule has 0 aliphatic carbocycles. The number of nitrogens with zero attached hydrogens (tertiary/aromatic N) is 2. The number of aromatic nitrogens is 2. The smallest absolute Gasteiger partial charge is 0.290 e. The monoisotopic (exact) mass is 586 g/mol. The van der Waals surface area contributed by atoms with E-state index in [1.165, 1.54) is 0 Å². The zero-order valence-electron chi connectivity index (χ0n) is 24.1. The number of hydrogen-bond donors (Lipinski definition) is 3. The first-order chi connectivity index (χ1) is 18.7. The van der Waals surface area contributed by atoms with E-state index >= 15 is 0 Å². The van der Waals surface area contributed by atoms with Crippen LogP contribution in [-0.4, -0.2) is 29.8 Å². The Morgan fingerprint density at radius 2 is 1.30 bits per heavy atom. The Morgan fingerprint density at radius 1 is 0.825 bits per heavy atom. The van der Waals surface area contributed by atoms with Gasteiger partial charge in [0, 0.05) is 32.8 Å². The number of nitrogen functional groups attached to an aromatic ring is 1. The summed E-state index contributed by atoms with van der Waals surface area (Å²) in [6.07, 6.45) is 0. The maximum Gasteiger partial charge on any atom is 0.290 e. The lowest BCUT2D eigenvalue weighted by molar-refractivity contribution is 0.269. The van der Waals surface area contributed by atoms with Crippen LogP contribution in [0.2, 0.25) is 0 Å². The maximum absolute atomic E-state index is 11.9. The Bertz CT molecular complexity index is 1320. The number of methoxy groups -OCH3 is 2. The van der Waals surface area contributed by atoms with Gasteiger partial charge in [0.25, 0.3) is 5.24 Å². The molecule has 0 spiro atoms. The largest absolute Gasteiger partial charge is 0.497 e. The number of benzene rings is 2. The normalized spacial score (nSPS) is 10.9. The van der Waals surface area contributed by atoms with Gasteiger partial charge in [0.05, 0.1) is 25.6 Å². The third kappa shape index (κ3) is 11.3. The molecule has 0 bridgehead atoms. The minimum absolute atomic E-state index is 0.0289. The first-order valence-electron chi connectivity index (χ1n) is 12.4. The highest BCUT2D eigenvalue weighted by Gasteiger charge is 2.20. The number of thioether (sulfide) groups is 1. The van der Waals surface area contributed by atoms with Gasteiger partial charge in [-0.1, -0.05) is 51.9 Å². The quantitative estimate of drug-likeness (QED) is 0.162. The van der Waals surface area contributed by atoms with Crippen LogP contribution in [0.25, 0.3) is 0 Å². The third-order valence-electron chi connectivity index (χ3n) is 5.14. The molecule has 9 nitrogen and oxygen atoms in total. The van der Waals surface area contributed by atoms with E-state index in [1.54, 1.807) is 26.4 Å². The molecule has 2 aromatic carbocycles. The molecule has 0 saturated carbocycles. The van der Waals surface area contributed by atoms with Gasteiger partial charge in [-0.3, -0.25) is 10.1 Å². The number of thiol groups is 1. The first-order valence-corrected chi connectivity index (χ1v) is 13.6. The van der Waals surface area contributed by atoms with Crippen molar-refractivity contribution in [2.45, 2.75) is 62.2 Å². The van der Waals surface area contributed by atoms with Crippen LogP contribution < -0.4 is 20.5 Å². The van der Waals surface area contributed by atoms with Gasteiger partial charge >= 0.3 is 0 Å². The molecule has 0 unspecified atom stereocenters. The molecule has 0 atom stereocenters. The van der Waals surface area contributed by atoms with Crippen LogP contribution in [0.4, 0.5) is 16.6 Å². The predicted molar refractivity (Wildman–Crippen MR) is 163 cm³/mol. The summed E-state index contributed by atoms with van der Waals surface area (Å²) in [7, 11) is 3.25. The third-order valence-corrected chi connectivity index (χ3v) is 6.24. The van der Waals surface area contributed by atoms with Gasteiger partial charge in [0.2, 0.25) is 11.8 Å². The number of amides is 1. The molecule has 2 heterocycles. The van der Waals surface area contributed by atoms with Crippen LogP contribution in [0.3, 0.4) is 0 Å². The summed E-state index contributed by atoms with van der Waals surface area (Å²) in [5, 5.41) is 10.2. The lowest BCUT2D eigenvalue weighted by atomic mass is 9.92. The van der Waals surface area contributed by atoms with Crippen molar-refractivity contribution in [1.82, 2.24) is 10.3 Å². The molecule has 0 aliphatic heterocycles. The first kappa shape index (κ1) is 32.6. The van der Waals surface area contributed by atoms with E-state index in [4.69, 9.17) is 24.3 Å². The number of carbonyl (C=O) groups is 1. The second-order valence-electron chi connectivity index (χ2n) is 10.6. The highest BCUT2D eigenvalue weighted by atomic mass is 32.2. The van der Waals surface area contributed by atoms with Crippen LogP contribution in [0.1, 0.15) is 52.9 Å². The van der Waals surface area contributed by atoms with E-state index < -0.39 is 0 Å². The lowest BCUT2D eigenvalue weighted by Crippen LogP contribution is -2.11. The van der Waals surface area contributed by atoms with Gasteiger partial charge in [-0.05, 0) is 60.3 Å². The molecule has 0 saturated heterocycles. The zero-order chi connectivity index (χ0) is 29.9. The lowest BCUT2D eigenvalue weighted by Gasteiger charge is -2.12.